The van der Waals surface area contributed by atoms with Crippen molar-refractivity contribution in [3.8, 4) is 0 Å². The number of nitrogens with one attached hydrogen (secondary N) is 1. The summed E-state index contributed by atoms with van der Waals surface area (Å²) in [6.07, 6.45) is 6.79. The second-order valence-electron chi connectivity index (χ2n) is 5.14. The van der Waals surface area contributed by atoms with Gasteiger partial charge >= 0.3 is 0 Å². The standard InChI is InChI=1S/C12H22N2O/c1-2-12(6-3-7-12)11(15)14-10(8-13)9-4-5-9/h9-10H,2-8,13H2,1H3,(H,14,15). The van der Waals surface area contributed by atoms with Gasteiger partial charge in [-0.25, -0.2) is 0 Å². The molecular weight excluding hydrogens is 188 g/mol. The predicted molar refractivity (Wildman–Crippen MR) is 60.3 cm³/mol. The molecule has 0 aliphatic heterocycles. The highest BCUT2D eigenvalue weighted by atomic mass is 16.2. The molecular formula is C12H22N2O. The largest absolute Gasteiger partial charge is 0.351 e. The summed E-state index contributed by atoms with van der Waals surface area (Å²) in [5, 5.41) is 3.16. The molecule has 0 aromatic carbocycles. The van der Waals surface area contributed by atoms with E-state index < -0.39 is 0 Å². The van der Waals surface area contributed by atoms with Crippen LogP contribution in [0.5, 0.6) is 0 Å². The molecule has 1 amide bonds. The Morgan fingerprint density at radius 3 is 2.53 bits per heavy atom. The summed E-state index contributed by atoms with van der Waals surface area (Å²) in [6, 6.07) is 0.238. The van der Waals surface area contributed by atoms with E-state index in [1.54, 1.807) is 0 Å². The highest BCUT2D eigenvalue weighted by Gasteiger charge is 2.44. The lowest BCUT2D eigenvalue weighted by Gasteiger charge is -2.40. The van der Waals surface area contributed by atoms with Gasteiger partial charge in [0.2, 0.25) is 5.91 Å². The molecule has 86 valence electrons. The van der Waals surface area contributed by atoms with Crippen LogP contribution in [0.15, 0.2) is 0 Å². The molecule has 1 unspecified atom stereocenters. The van der Waals surface area contributed by atoms with E-state index >= 15 is 0 Å². The Hall–Kier alpha value is -0.570. The molecule has 2 aliphatic carbocycles. The summed E-state index contributed by atoms with van der Waals surface area (Å²) >= 11 is 0. The first-order chi connectivity index (χ1) is 7.22. The Labute approximate surface area is 91.8 Å². The van der Waals surface area contributed by atoms with Crippen molar-refractivity contribution in [2.24, 2.45) is 17.1 Å². The summed E-state index contributed by atoms with van der Waals surface area (Å²) in [5.41, 5.74) is 5.65. The average Bonchev–Trinajstić information content (AvgIpc) is 2.96. The number of hydrogen-bond donors (Lipinski definition) is 2. The maximum absolute atomic E-state index is 12.1. The van der Waals surface area contributed by atoms with E-state index in [0.717, 1.165) is 19.3 Å². The number of carbonyl (C=O) groups is 1. The van der Waals surface area contributed by atoms with Crippen LogP contribution in [-0.4, -0.2) is 18.5 Å². The van der Waals surface area contributed by atoms with Crippen molar-refractivity contribution >= 4 is 5.91 Å². The lowest BCUT2D eigenvalue weighted by atomic mass is 9.66. The van der Waals surface area contributed by atoms with Crippen molar-refractivity contribution in [1.29, 1.82) is 0 Å². The molecule has 2 aliphatic rings. The molecule has 3 heteroatoms. The maximum atomic E-state index is 12.1. The topological polar surface area (TPSA) is 55.1 Å². The van der Waals surface area contributed by atoms with Gasteiger partial charge in [-0.2, -0.15) is 0 Å². The summed E-state index contributed by atoms with van der Waals surface area (Å²) in [5.74, 6) is 0.923. The van der Waals surface area contributed by atoms with E-state index in [-0.39, 0.29) is 17.4 Å². The molecule has 0 spiro atoms. The second kappa shape index (κ2) is 4.12. The van der Waals surface area contributed by atoms with Gasteiger partial charge in [0.25, 0.3) is 0 Å². The van der Waals surface area contributed by atoms with Crippen LogP contribution in [0.1, 0.15) is 45.4 Å². The van der Waals surface area contributed by atoms with Crippen LogP contribution in [0.2, 0.25) is 0 Å². The van der Waals surface area contributed by atoms with Crippen LogP contribution >= 0.6 is 0 Å². The lowest BCUT2D eigenvalue weighted by Crippen LogP contribution is -2.51. The number of carbonyl (C=O) groups excluding carboxylic acids is 1. The van der Waals surface area contributed by atoms with Crippen molar-refractivity contribution in [2.45, 2.75) is 51.5 Å². The van der Waals surface area contributed by atoms with E-state index in [9.17, 15) is 4.79 Å². The Morgan fingerprint density at radius 1 is 1.53 bits per heavy atom. The van der Waals surface area contributed by atoms with Gasteiger partial charge in [-0.05, 0) is 38.0 Å². The first kappa shape index (κ1) is 10.9. The maximum Gasteiger partial charge on any atom is 0.226 e. The van der Waals surface area contributed by atoms with E-state index in [1.165, 1.54) is 19.3 Å². The van der Waals surface area contributed by atoms with Gasteiger partial charge in [0, 0.05) is 18.0 Å². The Bertz CT molecular complexity index is 238. The molecule has 0 heterocycles. The fourth-order valence-corrected chi connectivity index (χ4v) is 2.53. The van der Waals surface area contributed by atoms with Crippen LogP contribution < -0.4 is 11.1 Å². The van der Waals surface area contributed by atoms with Crippen LogP contribution in [0, 0.1) is 11.3 Å². The molecule has 15 heavy (non-hydrogen) atoms. The third-order valence-corrected chi connectivity index (χ3v) is 4.23. The van der Waals surface area contributed by atoms with Crippen molar-refractivity contribution in [3.63, 3.8) is 0 Å². The van der Waals surface area contributed by atoms with E-state index in [0.29, 0.717) is 12.5 Å². The van der Waals surface area contributed by atoms with Crippen LogP contribution in [-0.2, 0) is 4.79 Å². The molecule has 3 N–H and O–H groups in total. The predicted octanol–water partition coefficient (Wildman–Crippen LogP) is 1.42. The zero-order chi connectivity index (χ0) is 10.9. The summed E-state index contributed by atoms with van der Waals surface area (Å²) in [4.78, 5) is 12.1. The Balaban J connectivity index is 1.89. The molecule has 0 radical (unpaired) electrons. The van der Waals surface area contributed by atoms with Gasteiger partial charge in [0.15, 0.2) is 0 Å². The molecule has 1 atom stereocenters. The zero-order valence-corrected chi connectivity index (χ0v) is 9.59. The van der Waals surface area contributed by atoms with Gasteiger partial charge in [0.1, 0.15) is 0 Å². The minimum Gasteiger partial charge on any atom is -0.351 e. The van der Waals surface area contributed by atoms with E-state index in [2.05, 4.69) is 12.2 Å². The number of hydrogen-bond acceptors (Lipinski definition) is 2. The molecule has 2 fully saturated rings. The second-order valence-corrected chi connectivity index (χ2v) is 5.14. The number of nitrogens with two attached hydrogens (primary N) is 1. The van der Waals surface area contributed by atoms with E-state index in [1.807, 2.05) is 0 Å². The minimum atomic E-state index is -0.0394. The Kier molecular flexibility index (Phi) is 3.01. The third kappa shape index (κ3) is 2.03. The van der Waals surface area contributed by atoms with Gasteiger partial charge in [-0.15, -0.1) is 0 Å². The van der Waals surface area contributed by atoms with Crippen molar-refractivity contribution in [3.05, 3.63) is 0 Å². The van der Waals surface area contributed by atoms with Crippen molar-refractivity contribution in [1.82, 2.24) is 5.32 Å². The molecule has 3 nitrogen and oxygen atoms in total. The first-order valence-corrected chi connectivity index (χ1v) is 6.23. The third-order valence-electron chi connectivity index (χ3n) is 4.23. The van der Waals surface area contributed by atoms with Crippen LogP contribution in [0.25, 0.3) is 0 Å². The Morgan fingerprint density at radius 2 is 2.20 bits per heavy atom. The fraction of sp³-hybridized carbons (Fsp3) is 0.917. The molecule has 2 rings (SSSR count). The smallest absolute Gasteiger partial charge is 0.226 e. The van der Waals surface area contributed by atoms with Crippen molar-refractivity contribution in [2.75, 3.05) is 6.54 Å². The molecule has 0 bridgehead atoms. The van der Waals surface area contributed by atoms with Gasteiger partial charge < -0.3 is 11.1 Å². The van der Waals surface area contributed by atoms with Gasteiger partial charge in [-0.1, -0.05) is 13.3 Å². The molecule has 0 aromatic heterocycles. The van der Waals surface area contributed by atoms with Crippen molar-refractivity contribution < 1.29 is 4.79 Å². The highest BCUT2D eigenvalue weighted by Crippen LogP contribution is 2.44. The fourth-order valence-electron chi connectivity index (χ4n) is 2.53. The summed E-state index contributed by atoms with van der Waals surface area (Å²) in [6.45, 7) is 2.71. The molecule has 0 saturated heterocycles. The quantitative estimate of drug-likeness (QED) is 0.721. The highest BCUT2D eigenvalue weighted by molar-refractivity contribution is 5.83. The van der Waals surface area contributed by atoms with Gasteiger partial charge in [-0.3, -0.25) is 4.79 Å². The zero-order valence-electron chi connectivity index (χ0n) is 9.59. The average molecular weight is 210 g/mol. The summed E-state index contributed by atoms with van der Waals surface area (Å²) in [7, 11) is 0. The van der Waals surface area contributed by atoms with Crippen LogP contribution in [0.3, 0.4) is 0 Å². The normalized spacial score (nSPS) is 25.5. The number of rotatable bonds is 5. The molecule has 0 aromatic rings. The summed E-state index contributed by atoms with van der Waals surface area (Å²) < 4.78 is 0. The molecule has 2 saturated carbocycles. The van der Waals surface area contributed by atoms with Gasteiger partial charge in [0.05, 0.1) is 0 Å². The number of amides is 1. The SMILES string of the molecule is CCC1(C(=O)NC(CN)C2CC2)CCC1. The van der Waals surface area contributed by atoms with E-state index in [4.69, 9.17) is 5.73 Å². The lowest BCUT2D eigenvalue weighted by molar-refractivity contribution is -0.137. The minimum absolute atomic E-state index is 0.0394. The monoisotopic (exact) mass is 210 g/mol. The van der Waals surface area contributed by atoms with Crippen LogP contribution in [0.4, 0.5) is 0 Å². The first-order valence-electron chi connectivity index (χ1n) is 6.23.